The number of rotatable bonds is 10. The number of hydrogen-bond acceptors (Lipinski definition) is 12. The van der Waals surface area contributed by atoms with Crippen LogP contribution < -0.4 is 26.2 Å². The summed E-state index contributed by atoms with van der Waals surface area (Å²) in [6.45, 7) is 4.28. The zero-order chi connectivity index (χ0) is 34.1. The molecule has 13 nitrogen and oxygen atoms in total. The second-order valence-corrected chi connectivity index (χ2v) is 13.9. The maximum Gasteiger partial charge on any atom is 0.298 e. The molecule has 2 aliphatic rings. The summed E-state index contributed by atoms with van der Waals surface area (Å²) >= 11 is 1.54. The summed E-state index contributed by atoms with van der Waals surface area (Å²) in [5, 5.41) is 19.7. The van der Waals surface area contributed by atoms with Crippen molar-refractivity contribution in [1.29, 1.82) is 0 Å². The summed E-state index contributed by atoms with van der Waals surface area (Å²) < 4.78 is 9.29. The normalized spacial score (nSPS) is 16.6. The van der Waals surface area contributed by atoms with Crippen LogP contribution in [0.2, 0.25) is 0 Å². The molecule has 14 heteroatoms. The molecule has 2 aliphatic heterocycles. The fraction of sp³-hybridized carbons (Fsp3) is 0.306. The second kappa shape index (κ2) is 13.6. The van der Waals surface area contributed by atoms with Gasteiger partial charge in [-0.25, -0.2) is 14.6 Å². The Bertz CT molecular complexity index is 2130. The number of fused-ring (bicyclic) bond motifs is 2. The van der Waals surface area contributed by atoms with Gasteiger partial charge in [0.1, 0.15) is 35.4 Å². The van der Waals surface area contributed by atoms with Crippen LogP contribution in [-0.2, 0) is 18.7 Å². The van der Waals surface area contributed by atoms with Gasteiger partial charge in [0.25, 0.3) is 5.56 Å². The molecule has 4 N–H and O–H groups in total. The Kier molecular flexibility index (Phi) is 8.75. The molecular weight excluding hydrogens is 653 g/mol. The van der Waals surface area contributed by atoms with Crippen molar-refractivity contribution in [3.05, 3.63) is 113 Å². The van der Waals surface area contributed by atoms with E-state index >= 15 is 0 Å². The Morgan fingerprint density at radius 1 is 1.00 bits per heavy atom. The number of nitrogen functional groups attached to an aromatic ring is 1. The summed E-state index contributed by atoms with van der Waals surface area (Å²) in [5.41, 5.74) is 8.64. The Morgan fingerprint density at radius 2 is 1.84 bits per heavy atom. The minimum absolute atomic E-state index is 0.0328. The first-order valence-electron chi connectivity index (χ1n) is 16.8. The fourth-order valence-corrected chi connectivity index (χ4v) is 7.92. The molecule has 256 valence electrons. The van der Waals surface area contributed by atoms with E-state index in [9.17, 15) is 9.90 Å². The Hall–Kier alpha value is -5.15. The number of aromatic nitrogens is 6. The lowest BCUT2D eigenvalue weighted by Crippen LogP contribution is -2.49. The van der Waals surface area contributed by atoms with Crippen LogP contribution in [0.25, 0.3) is 16.0 Å². The number of anilines is 3. The maximum atomic E-state index is 13.5. The highest BCUT2D eigenvalue weighted by atomic mass is 32.1. The predicted octanol–water partition coefficient (Wildman–Crippen LogP) is 3.69. The van der Waals surface area contributed by atoms with Crippen molar-refractivity contribution in [1.82, 2.24) is 39.5 Å². The van der Waals surface area contributed by atoms with Gasteiger partial charge in [-0.2, -0.15) is 5.10 Å². The van der Waals surface area contributed by atoms with Gasteiger partial charge < -0.3 is 25.8 Å². The van der Waals surface area contributed by atoms with Gasteiger partial charge in [0, 0.05) is 35.9 Å². The van der Waals surface area contributed by atoms with Crippen LogP contribution in [-0.4, -0.2) is 78.1 Å². The van der Waals surface area contributed by atoms with Crippen molar-refractivity contribution in [2.45, 2.75) is 37.6 Å². The predicted molar refractivity (Wildman–Crippen MR) is 193 cm³/mol. The van der Waals surface area contributed by atoms with Crippen molar-refractivity contribution < 1.29 is 9.84 Å². The Balaban J connectivity index is 0.967. The molecule has 50 heavy (non-hydrogen) atoms. The van der Waals surface area contributed by atoms with Crippen molar-refractivity contribution >= 4 is 38.9 Å². The van der Waals surface area contributed by atoms with Crippen LogP contribution in [0.15, 0.2) is 96.4 Å². The highest BCUT2D eigenvalue weighted by Gasteiger charge is 2.35. The van der Waals surface area contributed by atoms with E-state index in [4.69, 9.17) is 10.5 Å². The molecule has 0 bridgehead atoms. The van der Waals surface area contributed by atoms with E-state index < -0.39 is 5.60 Å². The number of pyridine rings is 1. The maximum absolute atomic E-state index is 13.5. The van der Waals surface area contributed by atoms with Gasteiger partial charge in [-0.3, -0.25) is 19.2 Å². The number of hydrogen-bond donors (Lipinski definition) is 3. The monoisotopic (exact) mass is 690 g/mol. The zero-order valence-electron chi connectivity index (χ0n) is 27.4. The van der Waals surface area contributed by atoms with Gasteiger partial charge in [0.05, 0.1) is 35.7 Å². The number of likely N-dealkylation sites (tertiary alicyclic amines) is 1. The highest BCUT2D eigenvalue weighted by Crippen LogP contribution is 2.38. The smallest absolute Gasteiger partial charge is 0.298 e. The van der Waals surface area contributed by atoms with E-state index in [1.807, 2.05) is 60.7 Å². The molecule has 0 spiro atoms. The zero-order valence-corrected chi connectivity index (χ0v) is 28.2. The van der Waals surface area contributed by atoms with E-state index in [2.05, 4.69) is 47.3 Å². The first-order chi connectivity index (χ1) is 24.4. The van der Waals surface area contributed by atoms with Gasteiger partial charge in [-0.1, -0.05) is 24.3 Å². The third-order valence-corrected chi connectivity index (χ3v) is 10.4. The molecule has 1 atom stereocenters. The second-order valence-electron chi connectivity index (χ2n) is 12.8. The van der Waals surface area contributed by atoms with E-state index in [-0.39, 0.29) is 17.9 Å². The standard InChI is InChI=1S/C36H38N10O3S/c37-33-35(47)46(27-9-10-31-29(18-27)45(16-17-49-31)26-6-2-1-3-7-26)30-19-28(50-34(30)42-33)20-40-25-11-14-43(15-12-25)21-36(48,22-44-24-38-23-41-44)32-8-4-5-13-39-32/h1-10,13,18-19,23-25,40,48H,11-12,14-17,20-22H2,(H2,37,42). The van der Waals surface area contributed by atoms with E-state index in [0.29, 0.717) is 48.5 Å². The Morgan fingerprint density at radius 3 is 2.62 bits per heavy atom. The van der Waals surface area contributed by atoms with Crippen LogP contribution in [0.3, 0.4) is 0 Å². The molecule has 0 saturated carbocycles. The number of β-amino-alcohol motifs (C(OH)–C–C–N with tert-alkyl or cyclic N) is 1. The largest absolute Gasteiger partial charge is 0.490 e. The fourth-order valence-electron chi connectivity index (χ4n) is 6.95. The number of benzene rings is 2. The molecule has 6 heterocycles. The summed E-state index contributed by atoms with van der Waals surface area (Å²) in [5.74, 6) is 0.739. The van der Waals surface area contributed by atoms with Gasteiger partial charge in [0.15, 0.2) is 5.82 Å². The molecule has 1 fully saturated rings. The average Bonchev–Trinajstić information content (AvgIpc) is 3.81. The summed E-state index contributed by atoms with van der Waals surface area (Å²) in [6, 6.07) is 23.9. The molecule has 4 aromatic heterocycles. The number of thiophene rings is 1. The number of nitrogens with zero attached hydrogens (tertiary/aromatic N) is 8. The molecular formula is C36H38N10O3S. The van der Waals surface area contributed by atoms with E-state index in [0.717, 1.165) is 53.4 Å². The molecule has 2 aromatic carbocycles. The van der Waals surface area contributed by atoms with Crippen LogP contribution >= 0.6 is 11.3 Å². The van der Waals surface area contributed by atoms with Gasteiger partial charge in [-0.15, -0.1) is 11.3 Å². The van der Waals surface area contributed by atoms with Crippen LogP contribution in [0.1, 0.15) is 23.4 Å². The van der Waals surface area contributed by atoms with Crippen LogP contribution in [0.4, 0.5) is 17.2 Å². The number of para-hydroxylation sites is 1. The van der Waals surface area contributed by atoms with Crippen molar-refractivity contribution in [3.63, 3.8) is 0 Å². The lowest BCUT2D eigenvalue weighted by Gasteiger charge is -2.38. The Labute approximate surface area is 292 Å². The van der Waals surface area contributed by atoms with E-state index in [1.54, 1.807) is 21.8 Å². The molecule has 8 rings (SSSR count). The minimum Gasteiger partial charge on any atom is -0.490 e. The third-order valence-electron chi connectivity index (χ3n) is 9.43. The molecule has 0 radical (unpaired) electrons. The van der Waals surface area contributed by atoms with Crippen molar-refractivity contribution in [3.8, 4) is 11.4 Å². The number of aliphatic hydroxyl groups is 1. The highest BCUT2D eigenvalue weighted by molar-refractivity contribution is 7.18. The SMILES string of the molecule is Nc1nc2sc(CNC3CCN(CC(O)(Cn4cncn4)c4ccccn4)CC3)cc2n(-c2ccc3c(c2)N(c2ccccc2)CCO3)c1=O. The van der Waals surface area contributed by atoms with Gasteiger partial charge >= 0.3 is 0 Å². The molecule has 0 aliphatic carbocycles. The number of nitrogens with two attached hydrogens (primary N) is 1. The van der Waals surface area contributed by atoms with Crippen LogP contribution in [0, 0.1) is 0 Å². The van der Waals surface area contributed by atoms with Crippen molar-refractivity contribution in [2.24, 2.45) is 0 Å². The average molecular weight is 691 g/mol. The minimum atomic E-state index is -1.21. The lowest BCUT2D eigenvalue weighted by atomic mass is 9.95. The third kappa shape index (κ3) is 6.45. The molecule has 1 unspecified atom stereocenters. The topological polar surface area (TPSA) is 152 Å². The summed E-state index contributed by atoms with van der Waals surface area (Å²) in [4.78, 5) is 32.8. The number of ether oxygens (including phenoxy) is 1. The summed E-state index contributed by atoms with van der Waals surface area (Å²) in [7, 11) is 0. The number of nitrogens with one attached hydrogen (secondary N) is 1. The molecule has 6 aromatic rings. The van der Waals surface area contributed by atoms with Gasteiger partial charge in [0.2, 0.25) is 0 Å². The first kappa shape index (κ1) is 32.1. The lowest BCUT2D eigenvalue weighted by molar-refractivity contribution is -0.0280. The molecule has 1 saturated heterocycles. The molecule has 0 amide bonds. The van der Waals surface area contributed by atoms with Crippen molar-refractivity contribution in [2.75, 3.05) is 43.4 Å². The van der Waals surface area contributed by atoms with Gasteiger partial charge in [-0.05, 0) is 74.5 Å². The van der Waals surface area contributed by atoms with E-state index in [1.165, 1.54) is 17.7 Å². The quantitative estimate of drug-likeness (QED) is 0.193. The van der Waals surface area contributed by atoms with Crippen LogP contribution in [0.5, 0.6) is 5.75 Å². The number of piperidine rings is 1. The first-order valence-corrected chi connectivity index (χ1v) is 17.6. The summed E-state index contributed by atoms with van der Waals surface area (Å²) in [6.07, 6.45) is 6.65.